The summed E-state index contributed by atoms with van der Waals surface area (Å²) in [5, 5.41) is 0. The quantitative estimate of drug-likeness (QED) is 0.188. The molecule has 0 unspecified atom stereocenters. The third-order valence-electron chi connectivity index (χ3n) is 5.96. The molecule has 1 rings (SSSR count). The van der Waals surface area contributed by atoms with Crippen LogP contribution in [0.3, 0.4) is 0 Å². The summed E-state index contributed by atoms with van der Waals surface area (Å²) >= 11 is 0. The summed E-state index contributed by atoms with van der Waals surface area (Å²) in [5.41, 5.74) is -0.664. The van der Waals surface area contributed by atoms with Gasteiger partial charge in [0.25, 0.3) is 0 Å². The van der Waals surface area contributed by atoms with Crippen LogP contribution in [0.4, 0.5) is 0 Å². The molecule has 0 N–H and O–H groups in total. The molecule has 1 saturated heterocycles. The van der Waals surface area contributed by atoms with Gasteiger partial charge in [0.1, 0.15) is 0 Å². The lowest BCUT2D eigenvalue weighted by atomic mass is 10.1. The Morgan fingerprint density at radius 1 is 0.600 bits per heavy atom. The van der Waals surface area contributed by atoms with Gasteiger partial charge in [0.05, 0.1) is 13.2 Å². The molecule has 30 heavy (non-hydrogen) atoms. The van der Waals surface area contributed by atoms with Crippen LogP contribution < -0.4 is 0 Å². The molecule has 0 atom stereocenters. The maximum absolute atomic E-state index is 6.76. The summed E-state index contributed by atoms with van der Waals surface area (Å²) in [6.07, 6.45) is 7.36. The molecule has 0 aliphatic carbocycles. The van der Waals surface area contributed by atoms with Crippen molar-refractivity contribution in [3.8, 4) is 0 Å². The third-order valence-corrected chi connectivity index (χ3v) is 10.0. The average molecular weight is 445 g/mol. The molecule has 0 aromatic heterocycles. The Morgan fingerprint density at radius 3 is 1.40 bits per heavy atom. The predicted molar refractivity (Wildman–Crippen MR) is 129 cm³/mol. The zero-order valence-corrected chi connectivity index (χ0v) is 22.4. The first-order valence-electron chi connectivity index (χ1n) is 12.7. The zero-order valence-electron chi connectivity index (χ0n) is 21.4. The molecule has 1 heterocycles. The molecule has 4 nitrogen and oxygen atoms in total. The summed E-state index contributed by atoms with van der Waals surface area (Å²) in [4.78, 5) is 0. The predicted octanol–water partition coefficient (Wildman–Crippen LogP) is 7.10. The number of hydrogen-bond acceptors (Lipinski definition) is 4. The highest BCUT2D eigenvalue weighted by atomic mass is 28.4. The van der Waals surface area contributed by atoms with E-state index < -0.39 is 14.0 Å². The zero-order chi connectivity index (χ0) is 22.6. The Balaban J connectivity index is 3.10. The molecule has 0 aromatic carbocycles. The summed E-state index contributed by atoms with van der Waals surface area (Å²) in [6, 6.07) is 0.979. The van der Waals surface area contributed by atoms with Crippen molar-refractivity contribution in [2.75, 3.05) is 26.4 Å². The van der Waals surface area contributed by atoms with Crippen molar-refractivity contribution in [1.29, 1.82) is 0 Å². The molecule has 5 heteroatoms. The van der Waals surface area contributed by atoms with E-state index in [0.717, 1.165) is 77.4 Å². The van der Waals surface area contributed by atoms with Crippen LogP contribution in [0.15, 0.2) is 0 Å². The van der Waals surface area contributed by atoms with Crippen LogP contribution in [-0.4, -0.2) is 40.4 Å². The molecular formula is C25H52O4Si. The van der Waals surface area contributed by atoms with Crippen LogP contribution in [0.25, 0.3) is 0 Å². The molecule has 0 amide bonds. The van der Waals surface area contributed by atoms with Crippen molar-refractivity contribution in [3.63, 3.8) is 0 Å². The Labute approximate surface area is 189 Å². The Hall–Kier alpha value is 0.0569. The fraction of sp³-hybridized carbons (Fsp3) is 1.00. The first-order chi connectivity index (χ1) is 14.1. The maximum Gasteiger partial charge on any atom is 0.399 e. The van der Waals surface area contributed by atoms with E-state index in [-0.39, 0.29) is 0 Å². The van der Waals surface area contributed by atoms with Crippen LogP contribution >= 0.6 is 0 Å². The van der Waals surface area contributed by atoms with E-state index in [1.807, 2.05) is 0 Å². The molecule has 1 fully saturated rings. The van der Waals surface area contributed by atoms with E-state index in [1.54, 1.807) is 0 Å². The number of hydrogen-bond donors (Lipinski definition) is 0. The van der Waals surface area contributed by atoms with Crippen molar-refractivity contribution in [2.45, 2.75) is 112 Å². The molecule has 1 aliphatic heterocycles. The van der Waals surface area contributed by atoms with Crippen LogP contribution in [0.1, 0.15) is 100 Å². The molecule has 180 valence electrons. The molecule has 0 saturated carbocycles. The van der Waals surface area contributed by atoms with Gasteiger partial charge in [-0.2, -0.15) is 0 Å². The second-order valence-corrected chi connectivity index (χ2v) is 14.2. The van der Waals surface area contributed by atoms with Crippen molar-refractivity contribution < 1.29 is 18.3 Å². The van der Waals surface area contributed by atoms with E-state index in [9.17, 15) is 0 Å². The van der Waals surface area contributed by atoms with Crippen molar-refractivity contribution in [3.05, 3.63) is 0 Å². The minimum atomic E-state index is -2.68. The first-order valence-corrected chi connectivity index (χ1v) is 14.7. The van der Waals surface area contributed by atoms with Gasteiger partial charge in [0.15, 0.2) is 0 Å². The van der Waals surface area contributed by atoms with Gasteiger partial charge in [-0.05, 0) is 61.8 Å². The van der Waals surface area contributed by atoms with Gasteiger partial charge >= 0.3 is 8.56 Å². The fourth-order valence-corrected chi connectivity index (χ4v) is 7.75. The van der Waals surface area contributed by atoms with Crippen molar-refractivity contribution >= 4 is 8.56 Å². The summed E-state index contributed by atoms with van der Waals surface area (Å²) in [5.74, 6) is 2.46. The van der Waals surface area contributed by atoms with Gasteiger partial charge in [0, 0.05) is 19.6 Å². The highest BCUT2D eigenvalue weighted by Gasteiger charge is 2.62. The van der Waals surface area contributed by atoms with Crippen LogP contribution in [0.2, 0.25) is 6.04 Å². The average Bonchev–Trinajstić information content (AvgIpc) is 2.62. The molecule has 0 spiro atoms. The van der Waals surface area contributed by atoms with Gasteiger partial charge in [-0.25, -0.2) is 0 Å². The van der Waals surface area contributed by atoms with E-state index in [1.165, 1.54) is 0 Å². The molecular weight excluding hydrogens is 392 g/mol. The standard InChI is InChI=1S/C25H52O4Si/c1-21(2)11-16-26-25(27-17-12-22(3)4)15-9-10-20-30(25,28-18-13-23(5)6)29-19-14-24(7)8/h21-24H,9-20H2,1-8H3. The first kappa shape index (κ1) is 28.1. The molecule has 0 aromatic rings. The summed E-state index contributed by atoms with van der Waals surface area (Å²) in [6.45, 7) is 20.9. The highest BCUT2D eigenvalue weighted by molar-refractivity contribution is 6.70. The van der Waals surface area contributed by atoms with Crippen LogP contribution in [0, 0.1) is 23.7 Å². The highest BCUT2D eigenvalue weighted by Crippen LogP contribution is 2.43. The summed E-state index contributed by atoms with van der Waals surface area (Å²) < 4.78 is 26.9. The van der Waals surface area contributed by atoms with Crippen molar-refractivity contribution in [1.82, 2.24) is 0 Å². The normalized spacial score (nSPS) is 18.8. The SMILES string of the molecule is CC(C)CCOC1(OCCC(C)C)CCCC[Si]1(OCCC(C)C)OCCC(C)C. The smallest absolute Gasteiger partial charge is 0.391 e. The molecule has 0 bridgehead atoms. The Bertz CT molecular complexity index is 369. The van der Waals surface area contributed by atoms with Gasteiger partial charge in [-0.1, -0.05) is 61.8 Å². The second-order valence-electron chi connectivity index (χ2n) is 10.8. The van der Waals surface area contributed by atoms with E-state index >= 15 is 0 Å². The van der Waals surface area contributed by atoms with E-state index in [2.05, 4.69) is 55.4 Å². The monoisotopic (exact) mass is 444 g/mol. The second kappa shape index (κ2) is 14.3. The topological polar surface area (TPSA) is 36.9 Å². The maximum atomic E-state index is 6.76. The molecule has 1 aliphatic rings. The minimum absolute atomic E-state index is 0.612. The minimum Gasteiger partial charge on any atom is -0.391 e. The largest absolute Gasteiger partial charge is 0.399 e. The van der Waals surface area contributed by atoms with E-state index in [0.29, 0.717) is 23.7 Å². The Kier molecular flexibility index (Phi) is 13.3. The third kappa shape index (κ3) is 9.68. The van der Waals surface area contributed by atoms with Gasteiger partial charge < -0.3 is 18.3 Å². The van der Waals surface area contributed by atoms with Gasteiger partial charge in [-0.3, -0.25) is 0 Å². The lowest BCUT2D eigenvalue weighted by Crippen LogP contribution is -2.67. The van der Waals surface area contributed by atoms with E-state index in [4.69, 9.17) is 18.3 Å². The number of rotatable bonds is 16. The lowest BCUT2D eigenvalue weighted by molar-refractivity contribution is -0.219. The lowest BCUT2D eigenvalue weighted by Gasteiger charge is -2.49. The van der Waals surface area contributed by atoms with Crippen molar-refractivity contribution in [2.24, 2.45) is 23.7 Å². The fourth-order valence-electron chi connectivity index (χ4n) is 3.75. The Morgan fingerprint density at radius 2 is 1.00 bits per heavy atom. The number of ether oxygens (including phenoxy) is 2. The molecule has 0 radical (unpaired) electrons. The van der Waals surface area contributed by atoms with Crippen LogP contribution in [0.5, 0.6) is 0 Å². The van der Waals surface area contributed by atoms with Gasteiger partial charge in [-0.15, -0.1) is 0 Å². The van der Waals surface area contributed by atoms with Gasteiger partial charge in [0.2, 0.25) is 5.41 Å². The van der Waals surface area contributed by atoms with Crippen LogP contribution in [-0.2, 0) is 18.3 Å². The summed E-state index contributed by atoms with van der Waals surface area (Å²) in [7, 11) is -2.68.